The molecule has 1 aliphatic carbocycles. The number of aryl methyl sites for hydroxylation is 2. The Balaban J connectivity index is 1.68. The van der Waals surface area contributed by atoms with E-state index in [1.807, 2.05) is 11.8 Å². The molecule has 0 radical (unpaired) electrons. The first-order valence-corrected chi connectivity index (χ1v) is 9.07. The maximum atomic E-state index is 3.61. The van der Waals surface area contributed by atoms with Gasteiger partial charge in [-0.1, -0.05) is 18.2 Å². The Kier molecular flexibility index (Phi) is 4.69. The summed E-state index contributed by atoms with van der Waals surface area (Å²) in [6, 6.07) is 9.66. The molecule has 0 saturated heterocycles. The molecule has 108 valence electrons. The molecule has 1 aliphatic rings. The van der Waals surface area contributed by atoms with Crippen molar-refractivity contribution in [2.45, 2.75) is 38.3 Å². The van der Waals surface area contributed by atoms with Crippen LogP contribution < -0.4 is 5.32 Å². The third kappa shape index (κ3) is 3.39. The van der Waals surface area contributed by atoms with Crippen molar-refractivity contribution >= 4 is 22.7 Å². The third-order valence-electron chi connectivity index (χ3n) is 4.04. The normalized spacial score (nSPS) is 15.1. The molecule has 20 heavy (non-hydrogen) atoms. The lowest BCUT2D eigenvalue weighted by atomic mass is 10.1. The van der Waals surface area contributed by atoms with Crippen LogP contribution in [0, 0.1) is 0 Å². The van der Waals surface area contributed by atoms with Gasteiger partial charge in [0.2, 0.25) is 0 Å². The zero-order chi connectivity index (χ0) is 13.8. The summed E-state index contributed by atoms with van der Waals surface area (Å²) >= 11 is 1.92. The van der Waals surface area contributed by atoms with Crippen LogP contribution in [0.4, 0.5) is 0 Å². The van der Waals surface area contributed by atoms with Gasteiger partial charge in [0.1, 0.15) is 0 Å². The number of thioether (sulfide) groups is 1. The predicted molar refractivity (Wildman–Crippen MR) is 89.7 cm³/mol. The summed E-state index contributed by atoms with van der Waals surface area (Å²) in [5.41, 5.74) is 2.91. The molecule has 3 heteroatoms. The second-order valence-electron chi connectivity index (χ2n) is 5.69. The fraction of sp³-hybridized carbons (Fsp3) is 0.529. The van der Waals surface area contributed by atoms with Gasteiger partial charge in [0, 0.05) is 35.4 Å². The minimum atomic E-state index is 0.831. The largest absolute Gasteiger partial charge is 0.346 e. The number of aromatic nitrogens is 1. The fourth-order valence-electron chi connectivity index (χ4n) is 2.77. The van der Waals surface area contributed by atoms with E-state index in [1.165, 1.54) is 47.9 Å². The van der Waals surface area contributed by atoms with Gasteiger partial charge in [-0.2, -0.15) is 11.8 Å². The minimum Gasteiger partial charge on any atom is -0.346 e. The second kappa shape index (κ2) is 6.68. The highest BCUT2D eigenvalue weighted by Gasteiger charge is 2.19. The topological polar surface area (TPSA) is 17.0 Å². The van der Waals surface area contributed by atoms with Crippen molar-refractivity contribution in [2.24, 2.45) is 0 Å². The number of benzene rings is 1. The molecule has 0 aliphatic heterocycles. The van der Waals surface area contributed by atoms with Crippen LogP contribution in [0.5, 0.6) is 0 Å². The van der Waals surface area contributed by atoms with Crippen molar-refractivity contribution in [3.05, 3.63) is 36.0 Å². The van der Waals surface area contributed by atoms with Crippen LogP contribution in [0.3, 0.4) is 0 Å². The van der Waals surface area contributed by atoms with E-state index >= 15 is 0 Å². The predicted octanol–water partition coefficient (Wildman–Crippen LogP) is 3.69. The van der Waals surface area contributed by atoms with Gasteiger partial charge in [-0.05, 0) is 50.1 Å². The Hall–Kier alpha value is -0.930. The van der Waals surface area contributed by atoms with Gasteiger partial charge < -0.3 is 9.88 Å². The highest BCUT2D eigenvalue weighted by molar-refractivity contribution is 7.98. The van der Waals surface area contributed by atoms with E-state index in [2.05, 4.69) is 46.6 Å². The third-order valence-corrected chi connectivity index (χ3v) is 4.63. The van der Waals surface area contributed by atoms with E-state index < -0.39 is 0 Å². The monoisotopic (exact) mass is 288 g/mol. The molecular weight excluding hydrogens is 264 g/mol. The molecule has 3 rings (SSSR count). The first-order valence-electron chi connectivity index (χ1n) is 7.67. The van der Waals surface area contributed by atoms with Crippen molar-refractivity contribution < 1.29 is 0 Å². The molecule has 0 atom stereocenters. The highest BCUT2D eigenvalue weighted by Crippen LogP contribution is 2.23. The Bertz CT molecular complexity index is 557. The summed E-state index contributed by atoms with van der Waals surface area (Å²) in [5, 5.41) is 5.05. The zero-order valence-electron chi connectivity index (χ0n) is 12.3. The molecule has 1 heterocycles. The van der Waals surface area contributed by atoms with E-state index in [4.69, 9.17) is 0 Å². The van der Waals surface area contributed by atoms with Crippen molar-refractivity contribution in [2.75, 3.05) is 18.6 Å². The van der Waals surface area contributed by atoms with Crippen LogP contribution in [0.2, 0.25) is 0 Å². The molecule has 2 nitrogen and oxygen atoms in total. The fourth-order valence-corrected chi connectivity index (χ4v) is 3.15. The summed E-state index contributed by atoms with van der Waals surface area (Å²) in [4.78, 5) is 0. The van der Waals surface area contributed by atoms with Crippen molar-refractivity contribution in [1.29, 1.82) is 0 Å². The van der Waals surface area contributed by atoms with E-state index in [0.717, 1.165) is 19.1 Å². The molecule has 1 aromatic carbocycles. The van der Waals surface area contributed by atoms with Crippen molar-refractivity contribution in [1.82, 2.24) is 9.88 Å². The van der Waals surface area contributed by atoms with E-state index in [0.29, 0.717) is 0 Å². The number of nitrogens with one attached hydrogen (secondary N) is 1. The number of para-hydroxylation sites is 1. The lowest BCUT2D eigenvalue weighted by Crippen LogP contribution is -2.17. The highest BCUT2D eigenvalue weighted by atomic mass is 32.2. The number of fused-ring (bicyclic) bond motifs is 1. The van der Waals surface area contributed by atoms with Gasteiger partial charge >= 0.3 is 0 Å². The first kappa shape index (κ1) is 14.0. The van der Waals surface area contributed by atoms with E-state index in [9.17, 15) is 0 Å². The van der Waals surface area contributed by atoms with Gasteiger partial charge in [-0.15, -0.1) is 0 Å². The smallest absolute Gasteiger partial charge is 0.0483 e. The lowest BCUT2D eigenvalue weighted by molar-refractivity contribution is 0.645. The Morgan fingerprint density at radius 1 is 1.30 bits per heavy atom. The quantitative estimate of drug-likeness (QED) is 0.746. The van der Waals surface area contributed by atoms with Crippen LogP contribution in [0.15, 0.2) is 30.5 Å². The Morgan fingerprint density at radius 3 is 2.95 bits per heavy atom. The van der Waals surface area contributed by atoms with Gasteiger partial charge in [-0.3, -0.25) is 0 Å². The molecule has 2 aromatic rings. The van der Waals surface area contributed by atoms with E-state index in [1.54, 1.807) is 0 Å². The SMILES string of the molecule is CSCCn1cc(CCCNC2CC2)c2ccccc21. The number of rotatable bonds is 8. The molecule has 1 N–H and O–H groups in total. The second-order valence-corrected chi connectivity index (χ2v) is 6.68. The zero-order valence-corrected chi connectivity index (χ0v) is 13.1. The van der Waals surface area contributed by atoms with Crippen molar-refractivity contribution in [3.8, 4) is 0 Å². The van der Waals surface area contributed by atoms with Crippen LogP contribution >= 0.6 is 11.8 Å². The average molecular weight is 288 g/mol. The molecule has 0 bridgehead atoms. The maximum Gasteiger partial charge on any atom is 0.0483 e. The number of nitrogens with zero attached hydrogens (tertiary/aromatic N) is 1. The lowest BCUT2D eigenvalue weighted by Gasteiger charge is -2.02. The van der Waals surface area contributed by atoms with Gasteiger partial charge in [-0.25, -0.2) is 0 Å². The summed E-state index contributed by atoms with van der Waals surface area (Å²) in [5.74, 6) is 1.18. The molecule has 0 unspecified atom stereocenters. The minimum absolute atomic E-state index is 0.831. The van der Waals surface area contributed by atoms with E-state index in [-0.39, 0.29) is 0 Å². The Morgan fingerprint density at radius 2 is 2.15 bits per heavy atom. The van der Waals surface area contributed by atoms with Gasteiger partial charge in [0.15, 0.2) is 0 Å². The molecule has 1 fully saturated rings. The Labute approximate surface area is 125 Å². The number of hydrogen-bond donors (Lipinski definition) is 1. The van der Waals surface area contributed by atoms with Crippen LogP contribution in [-0.2, 0) is 13.0 Å². The standard InChI is InChI=1S/C17H24N2S/c1-20-12-11-19-13-14(5-4-10-18-15-8-9-15)16-6-2-3-7-17(16)19/h2-3,6-7,13,15,18H,4-5,8-12H2,1H3. The summed E-state index contributed by atoms with van der Waals surface area (Å²) in [6.07, 6.45) is 9.75. The molecule has 0 amide bonds. The van der Waals surface area contributed by atoms with Crippen molar-refractivity contribution in [3.63, 3.8) is 0 Å². The first-order chi connectivity index (χ1) is 9.88. The van der Waals surface area contributed by atoms with Crippen LogP contribution in [-0.4, -0.2) is 29.2 Å². The summed E-state index contributed by atoms with van der Waals surface area (Å²) < 4.78 is 2.43. The van der Waals surface area contributed by atoms with Gasteiger partial charge in [0.25, 0.3) is 0 Å². The van der Waals surface area contributed by atoms with Crippen LogP contribution in [0.1, 0.15) is 24.8 Å². The summed E-state index contributed by atoms with van der Waals surface area (Å²) in [6.45, 7) is 2.27. The average Bonchev–Trinajstić information content (AvgIpc) is 3.24. The van der Waals surface area contributed by atoms with Gasteiger partial charge in [0.05, 0.1) is 0 Å². The summed E-state index contributed by atoms with van der Waals surface area (Å²) in [7, 11) is 0. The maximum absolute atomic E-state index is 3.61. The molecule has 0 spiro atoms. The van der Waals surface area contributed by atoms with Crippen LogP contribution in [0.25, 0.3) is 10.9 Å². The molecular formula is C17H24N2S. The number of hydrogen-bond acceptors (Lipinski definition) is 2. The molecule has 1 aromatic heterocycles. The molecule has 1 saturated carbocycles.